The van der Waals surface area contributed by atoms with Crippen molar-refractivity contribution in [1.82, 2.24) is 0 Å². The van der Waals surface area contributed by atoms with Gasteiger partial charge >= 0.3 is 205 Å². The Bertz CT molecular complexity index is 1510. The van der Waals surface area contributed by atoms with E-state index in [2.05, 4.69) is 123 Å². The van der Waals surface area contributed by atoms with E-state index >= 15 is 0 Å². The average Bonchev–Trinajstić information content (AvgIpc) is 3.53. The molecule has 0 saturated heterocycles. The van der Waals surface area contributed by atoms with Gasteiger partial charge in [0.25, 0.3) is 0 Å². The van der Waals surface area contributed by atoms with Crippen molar-refractivity contribution in [2.75, 3.05) is 0 Å². The Hall–Kier alpha value is -2.32. The predicted octanol–water partition coefficient (Wildman–Crippen LogP) is 6.96. The van der Waals surface area contributed by atoms with Gasteiger partial charge in [0.2, 0.25) is 0 Å². The number of rotatable bonds is 4. The Balaban J connectivity index is 0.00000152. The molecule has 4 aromatic rings. The molecule has 0 amide bonds. The summed E-state index contributed by atoms with van der Waals surface area (Å²) in [4.78, 5) is 0. The molecule has 4 aromatic carbocycles. The molecule has 2 aliphatic carbocycles. The van der Waals surface area contributed by atoms with E-state index < -0.39 is 18.0 Å². The van der Waals surface area contributed by atoms with E-state index in [1.165, 1.54) is 46.7 Å². The van der Waals surface area contributed by atoms with E-state index in [4.69, 9.17) is 4.26 Å². The van der Waals surface area contributed by atoms with Crippen LogP contribution in [0.3, 0.4) is 0 Å². The summed E-state index contributed by atoms with van der Waals surface area (Å²) in [5.74, 6) is 0. The third-order valence-electron chi connectivity index (χ3n) is 8.30. The number of hydrogen-bond donors (Lipinski definition) is 0. The molecule has 0 radical (unpaired) electrons. The van der Waals surface area contributed by atoms with Gasteiger partial charge < -0.3 is 0 Å². The Labute approximate surface area is 228 Å². The predicted molar refractivity (Wildman–Crippen MR) is 159 cm³/mol. The number of halogens is 2. The summed E-state index contributed by atoms with van der Waals surface area (Å²) < 4.78 is 11.4. The minimum atomic E-state index is -4.65. The van der Waals surface area contributed by atoms with Crippen LogP contribution in [0.15, 0.2) is 113 Å². The second kappa shape index (κ2) is 9.86. The van der Waals surface area contributed by atoms with Crippen molar-refractivity contribution < 1.29 is 18.0 Å². The summed E-state index contributed by atoms with van der Waals surface area (Å²) in [6, 6.07) is 34.6. The SMILES string of the molecule is Cl.Cl.[CH2]=[Hf]([C]1=CC=CC1)([c]1ccc(C)cc1)([c]1ccc(C)cc1)[c]1cccc2c1Cc1ccccc1-2. The van der Waals surface area contributed by atoms with Gasteiger partial charge in [0.05, 0.1) is 0 Å². The second-order valence-electron chi connectivity index (χ2n) is 10.2. The number of allylic oxidation sites excluding steroid dienone is 4. The Kier molecular flexibility index (Phi) is 7.32. The molecule has 2 aliphatic rings. The molecule has 0 fully saturated rings. The first-order valence-electron chi connectivity index (χ1n) is 12.2. The maximum atomic E-state index is 5.50. The third-order valence-corrected chi connectivity index (χ3v) is 32.2. The molecule has 0 spiro atoms. The van der Waals surface area contributed by atoms with Gasteiger partial charge in [-0.05, 0) is 0 Å². The van der Waals surface area contributed by atoms with Gasteiger partial charge in [-0.2, -0.15) is 0 Å². The van der Waals surface area contributed by atoms with Crippen LogP contribution in [0.2, 0.25) is 0 Å². The van der Waals surface area contributed by atoms with Crippen LogP contribution in [0.4, 0.5) is 0 Å². The summed E-state index contributed by atoms with van der Waals surface area (Å²) in [5, 5.41) is 0. The summed E-state index contributed by atoms with van der Waals surface area (Å²) >= 11 is -4.65. The fourth-order valence-corrected chi connectivity index (χ4v) is 28.8. The molecule has 0 atom stereocenters. The van der Waals surface area contributed by atoms with Crippen molar-refractivity contribution in [2.24, 2.45) is 0 Å². The molecule has 182 valence electrons. The maximum absolute atomic E-state index is 5.50. The zero-order valence-electron chi connectivity index (χ0n) is 20.8. The fourth-order valence-electron chi connectivity index (χ4n) is 6.39. The van der Waals surface area contributed by atoms with E-state index in [0.717, 1.165) is 12.8 Å². The van der Waals surface area contributed by atoms with Crippen LogP contribution in [-0.2, 0) is 24.4 Å². The molecule has 0 aliphatic heterocycles. The Morgan fingerprint density at radius 1 is 0.667 bits per heavy atom. The fraction of sp³-hybridized carbons (Fsp3) is 0.121. The molecule has 0 bridgehead atoms. The van der Waals surface area contributed by atoms with Crippen molar-refractivity contribution in [3.05, 3.63) is 135 Å². The quantitative estimate of drug-likeness (QED) is 0.181. The first-order chi connectivity index (χ1) is 16.5. The number of aryl methyl sites for hydroxylation is 2. The van der Waals surface area contributed by atoms with Gasteiger partial charge in [-0.15, -0.1) is 24.8 Å². The van der Waals surface area contributed by atoms with Gasteiger partial charge in [0, 0.05) is 0 Å². The molecule has 6 rings (SSSR count). The summed E-state index contributed by atoms with van der Waals surface area (Å²) in [6.07, 6.45) is 8.93. The molecule has 0 N–H and O–H groups in total. The molecule has 0 nitrogen and oxygen atoms in total. The van der Waals surface area contributed by atoms with E-state index in [1.807, 2.05) is 0 Å². The molecule has 0 saturated carbocycles. The second-order valence-corrected chi connectivity index (χ2v) is 29.0. The van der Waals surface area contributed by atoms with Gasteiger partial charge in [-0.1, -0.05) is 0 Å². The molecule has 0 unspecified atom stereocenters. The van der Waals surface area contributed by atoms with Gasteiger partial charge in [-0.25, -0.2) is 0 Å². The molecule has 0 heterocycles. The van der Waals surface area contributed by atoms with Crippen LogP contribution >= 0.6 is 24.8 Å². The van der Waals surface area contributed by atoms with E-state index in [-0.39, 0.29) is 24.8 Å². The van der Waals surface area contributed by atoms with Gasteiger partial charge in [-0.3, -0.25) is 0 Å². The van der Waals surface area contributed by atoms with Crippen molar-refractivity contribution in [1.29, 1.82) is 0 Å². The molecule has 36 heavy (non-hydrogen) atoms. The van der Waals surface area contributed by atoms with Crippen LogP contribution in [-0.4, -0.2) is 4.26 Å². The van der Waals surface area contributed by atoms with Crippen LogP contribution in [0.25, 0.3) is 11.1 Å². The van der Waals surface area contributed by atoms with Gasteiger partial charge in [0.15, 0.2) is 0 Å². The van der Waals surface area contributed by atoms with Crippen molar-refractivity contribution in [2.45, 2.75) is 26.7 Å². The molecule has 3 heteroatoms. The van der Waals surface area contributed by atoms with E-state index in [0.29, 0.717) is 0 Å². The number of fused-ring (bicyclic) bond motifs is 3. The Morgan fingerprint density at radius 3 is 1.83 bits per heavy atom. The van der Waals surface area contributed by atoms with Gasteiger partial charge in [0.1, 0.15) is 0 Å². The zero-order valence-corrected chi connectivity index (χ0v) is 26.1. The zero-order chi connectivity index (χ0) is 23.4. The standard InChI is InChI=1S/C13H9.2C7H7.C5H5.CH2.2ClH.Hf/c1-3-7-12-10(5-1)9-11-6-2-4-8-13(11)12;2*1-7-5-3-2-4-6-7;1-2-4-5-3-1;;;;/h1-5,7-8H,9H2;2*3-6H,1H3;1-3H,4H2;1H2;2*1H;. The normalized spacial score (nSPS) is 13.8. The number of benzene rings is 4. The van der Waals surface area contributed by atoms with Crippen molar-refractivity contribution in [3.63, 3.8) is 0 Å². The van der Waals surface area contributed by atoms with Crippen molar-refractivity contribution >= 4 is 39.0 Å². The van der Waals surface area contributed by atoms with Crippen LogP contribution in [0.1, 0.15) is 28.7 Å². The third kappa shape index (κ3) is 3.71. The number of hydrogen-bond acceptors (Lipinski definition) is 0. The van der Waals surface area contributed by atoms with E-state index in [9.17, 15) is 0 Å². The minimum absolute atomic E-state index is 0. The van der Waals surface area contributed by atoms with Crippen LogP contribution in [0, 0.1) is 13.8 Å². The first kappa shape index (κ1) is 26.7. The molecular weight excluding hydrogens is 646 g/mol. The summed E-state index contributed by atoms with van der Waals surface area (Å²) in [7, 11) is 0. The first-order valence-corrected chi connectivity index (χ1v) is 22.0. The van der Waals surface area contributed by atoms with Crippen LogP contribution < -0.4 is 9.96 Å². The molecule has 0 aromatic heterocycles. The van der Waals surface area contributed by atoms with Crippen LogP contribution in [0.5, 0.6) is 0 Å². The van der Waals surface area contributed by atoms with E-state index in [1.54, 1.807) is 0 Å². The van der Waals surface area contributed by atoms with Crippen molar-refractivity contribution in [3.8, 4) is 11.1 Å². The monoisotopic (exact) mass is 678 g/mol. The summed E-state index contributed by atoms with van der Waals surface area (Å²) in [6.45, 7) is 4.36. The summed E-state index contributed by atoms with van der Waals surface area (Å²) in [5.41, 5.74) is 8.29. The topological polar surface area (TPSA) is 0 Å². The molecular formula is C33H32Cl2Hf. The average molecular weight is 678 g/mol. The Morgan fingerprint density at radius 2 is 1.25 bits per heavy atom.